The summed E-state index contributed by atoms with van der Waals surface area (Å²) in [5, 5.41) is 6.78. The molecule has 0 fully saturated rings. The zero-order valence-electron chi connectivity index (χ0n) is 32.9. The number of quaternary nitrogens is 1. The summed E-state index contributed by atoms with van der Waals surface area (Å²) in [6.45, 7) is 16.3. The Morgan fingerprint density at radius 1 is 0.837 bits per heavy atom. The van der Waals surface area contributed by atoms with Gasteiger partial charge in [-0.05, 0) is 100 Å². The van der Waals surface area contributed by atoms with Crippen molar-refractivity contribution in [1.29, 1.82) is 0 Å². The fraction of sp³-hybridized carbons (Fsp3) is 0.889. The zero-order valence-corrected chi connectivity index (χ0v) is 32.9. The maximum atomic E-state index is 13.9. The molecule has 13 nitrogen and oxygen atoms in total. The molecule has 0 rings (SSSR count). The number of likely N-dealkylation sites (N-methyl/N-ethyl adjacent to an activating group) is 2. The molecular weight excluding hydrogens is 628 g/mol. The lowest BCUT2D eigenvalue weighted by atomic mass is 9.69. The highest BCUT2D eigenvalue weighted by molar-refractivity contribution is 5.85. The largest absolute Gasteiger partial charge is 0.466 e. The Balaban J connectivity index is 6.30. The van der Waals surface area contributed by atoms with Crippen molar-refractivity contribution in [3.8, 4) is 0 Å². The van der Waals surface area contributed by atoms with E-state index in [0.717, 1.165) is 19.4 Å². The lowest BCUT2D eigenvalue weighted by Crippen LogP contribution is -2.48. The molecule has 3 unspecified atom stereocenters. The summed E-state index contributed by atoms with van der Waals surface area (Å²) in [6, 6.07) is -0.203. The second-order valence-corrected chi connectivity index (χ2v) is 15.8. The van der Waals surface area contributed by atoms with E-state index in [4.69, 9.17) is 14.2 Å². The molecule has 0 radical (unpaired) electrons. The van der Waals surface area contributed by atoms with Crippen molar-refractivity contribution < 1.29 is 37.9 Å². The third kappa shape index (κ3) is 18.1. The predicted octanol–water partition coefficient (Wildman–Crippen LogP) is 6.05. The van der Waals surface area contributed by atoms with E-state index in [1.54, 1.807) is 27.7 Å². The number of esters is 3. The normalized spacial score (nSPS) is 15.1. The van der Waals surface area contributed by atoms with Crippen LogP contribution in [0, 0.1) is 16.7 Å². The van der Waals surface area contributed by atoms with Gasteiger partial charge in [0.25, 0.3) is 0 Å². The Labute approximate surface area is 296 Å². The van der Waals surface area contributed by atoms with Gasteiger partial charge in [-0.2, -0.15) is 0 Å². The summed E-state index contributed by atoms with van der Waals surface area (Å²) in [5.74, 6) is -3.06. The van der Waals surface area contributed by atoms with Crippen LogP contribution in [-0.2, 0) is 33.4 Å². The van der Waals surface area contributed by atoms with Gasteiger partial charge in [-0.1, -0.05) is 37.7 Å². The minimum Gasteiger partial charge on any atom is -0.466 e. The van der Waals surface area contributed by atoms with Crippen molar-refractivity contribution in [2.75, 3.05) is 67.6 Å². The molecule has 3 atom stereocenters. The smallest absolute Gasteiger partial charge is 0.318 e. The maximum absolute atomic E-state index is 13.9. The van der Waals surface area contributed by atoms with Crippen LogP contribution in [0.25, 0.3) is 10.4 Å². The Hall–Kier alpha value is -2.89. The van der Waals surface area contributed by atoms with Gasteiger partial charge in [0.1, 0.15) is 25.3 Å². The minimum absolute atomic E-state index is 0.0687. The first-order chi connectivity index (χ1) is 22.7. The quantitative estimate of drug-likeness (QED) is 0.0218. The first-order valence-corrected chi connectivity index (χ1v) is 18.0. The Bertz CT molecular complexity index is 1090. The van der Waals surface area contributed by atoms with E-state index in [1.165, 1.54) is 32.6 Å². The highest BCUT2D eigenvalue weighted by atomic mass is 16.5. The van der Waals surface area contributed by atoms with Gasteiger partial charge in [0.2, 0.25) is 5.91 Å². The van der Waals surface area contributed by atoms with E-state index < -0.39 is 40.2 Å². The summed E-state index contributed by atoms with van der Waals surface area (Å²) in [4.78, 5) is 58.9. The van der Waals surface area contributed by atoms with Gasteiger partial charge in [-0.15, -0.1) is 0 Å². The lowest BCUT2D eigenvalue weighted by molar-refractivity contribution is -0.890. The average Bonchev–Trinajstić information content (AvgIpc) is 2.97. The Morgan fingerprint density at radius 3 is 1.98 bits per heavy atom. The number of rotatable bonds is 26. The summed E-state index contributed by atoms with van der Waals surface area (Å²) >= 11 is 0. The number of azide groups is 1. The molecule has 13 heteroatoms. The van der Waals surface area contributed by atoms with Gasteiger partial charge in [0.05, 0.1) is 38.1 Å². The Morgan fingerprint density at radius 2 is 1.43 bits per heavy atom. The zero-order chi connectivity index (χ0) is 37.9. The molecule has 0 bridgehead atoms. The van der Waals surface area contributed by atoms with Crippen LogP contribution in [0.1, 0.15) is 113 Å². The van der Waals surface area contributed by atoms with Crippen LogP contribution < -0.4 is 5.32 Å². The summed E-state index contributed by atoms with van der Waals surface area (Å²) < 4.78 is 17.4. The number of carbonyl (C=O) groups excluding carboxylic acids is 4. The number of ether oxygens (including phenoxy) is 3. The number of carbonyl (C=O) groups is 4. The van der Waals surface area contributed by atoms with E-state index >= 15 is 0 Å². The van der Waals surface area contributed by atoms with Crippen molar-refractivity contribution in [3.63, 3.8) is 0 Å². The summed E-state index contributed by atoms with van der Waals surface area (Å²) in [6.07, 6.45) is 6.87. The topological polar surface area (TPSA) is 160 Å². The molecule has 0 spiro atoms. The third-order valence-corrected chi connectivity index (χ3v) is 8.83. The van der Waals surface area contributed by atoms with E-state index in [2.05, 4.69) is 36.4 Å². The van der Waals surface area contributed by atoms with Crippen molar-refractivity contribution in [1.82, 2.24) is 10.2 Å². The van der Waals surface area contributed by atoms with Gasteiger partial charge in [0, 0.05) is 23.4 Å². The van der Waals surface area contributed by atoms with Gasteiger partial charge in [-0.3, -0.25) is 19.2 Å². The molecule has 0 aliphatic heterocycles. The highest BCUT2D eigenvalue weighted by Crippen LogP contribution is 2.42. The second-order valence-electron chi connectivity index (χ2n) is 15.8. The fourth-order valence-corrected chi connectivity index (χ4v) is 5.93. The van der Waals surface area contributed by atoms with E-state index in [9.17, 15) is 24.7 Å². The molecule has 0 aromatic carbocycles. The second kappa shape index (κ2) is 22.0. The first-order valence-electron chi connectivity index (χ1n) is 18.0. The average molecular weight is 698 g/mol. The number of nitrogens with zero attached hydrogens (tertiary/aromatic N) is 5. The molecule has 0 saturated carbocycles. The van der Waals surface area contributed by atoms with Crippen LogP contribution >= 0.6 is 0 Å². The molecule has 0 aliphatic rings. The van der Waals surface area contributed by atoms with Crippen LogP contribution in [0.4, 0.5) is 0 Å². The molecule has 1 N–H and O–H groups in total. The predicted molar refractivity (Wildman–Crippen MR) is 192 cm³/mol. The summed E-state index contributed by atoms with van der Waals surface area (Å²) in [7, 11) is 7.87. The molecule has 0 heterocycles. The van der Waals surface area contributed by atoms with Crippen LogP contribution in [0.2, 0.25) is 0 Å². The highest BCUT2D eigenvalue weighted by Gasteiger charge is 2.49. The van der Waals surface area contributed by atoms with E-state index in [0.29, 0.717) is 17.6 Å². The number of unbranched alkanes of at least 4 members (excludes halogenated alkanes) is 5. The monoisotopic (exact) mass is 698 g/mol. The number of hydrogen-bond acceptors (Lipinski definition) is 9. The third-order valence-electron chi connectivity index (χ3n) is 8.83. The minimum atomic E-state index is -1.78. The van der Waals surface area contributed by atoms with E-state index in [1.807, 2.05) is 32.8 Å². The molecule has 0 aromatic heterocycles. The van der Waals surface area contributed by atoms with Crippen molar-refractivity contribution >= 4 is 23.8 Å². The van der Waals surface area contributed by atoms with Crippen molar-refractivity contribution in [2.24, 2.45) is 21.9 Å². The Kier molecular flexibility index (Phi) is 20.7. The van der Waals surface area contributed by atoms with Crippen molar-refractivity contribution in [3.05, 3.63) is 10.4 Å². The molecular formula is C36H69N6O7+. The SMILES string of the molecule is CCCCCCCC[N+](C)(C)CCOC(=O)C(C)(CC(C)(CC(CC(C)(C)C(=O)OCC)C(=O)NC(C)C)C(=O)OCCN(C)C)N=[N+]=[N-]. The van der Waals surface area contributed by atoms with Gasteiger partial charge in [0.15, 0.2) is 0 Å². The number of nitrogens with one attached hydrogen (secondary N) is 1. The van der Waals surface area contributed by atoms with Gasteiger partial charge >= 0.3 is 17.9 Å². The lowest BCUT2D eigenvalue weighted by Gasteiger charge is -2.37. The molecule has 284 valence electrons. The van der Waals surface area contributed by atoms with Gasteiger partial charge in [-0.25, -0.2) is 0 Å². The van der Waals surface area contributed by atoms with E-state index in [-0.39, 0.29) is 51.0 Å². The number of hydrogen-bond donors (Lipinski definition) is 1. The first kappa shape index (κ1) is 46.1. The molecule has 1 amide bonds. The summed E-state index contributed by atoms with van der Waals surface area (Å²) in [5.41, 5.74) is 5.24. The fourth-order valence-electron chi connectivity index (χ4n) is 5.93. The standard InChI is InChI=1S/C36H68N6O7/c1-13-15-16-17-18-19-21-42(11,12)22-24-49-33(46)36(8,39-40-37)27-35(7,32(45)48-23-20-41(9)10)26-29(30(43)38-28(3)4)25-34(5,6)31(44)47-14-2/h28-29H,13-27H2,1-12H3/p+1. The molecule has 0 saturated heterocycles. The van der Waals surface area contributed by atoms with Crippen LogP contribution in [0.3, 0.4) is 0 Å². The molecule has 49 heavy (non-hydrogen) atoms. The van der Waals surface area contributed by atoms with Crippen molar-refractivity contribution in [2.45, 2.75) is 125 Å². The molecule has 0 aliphatic carbocycles. The number of amides is 1. The van der Waals surface area contributed by atoms with Gasteiger partial charge < -0.3 is 28.9 Å². The maximum Gasteiger partial charge on any atom is 0.318 e. The van der Waals surface area contributed by atoms with Crippen LogP contribution in [0.15, 0.2) is 5.11 Å². The molecule has 0 aromatic rings. The van der Waals surface area contributed by atoms with Crippen LogP contribution in [0.5, 0.6) is 0 Å². The van der Waals surface area contributed by atoms with Crippen LogP contribution in [-0.4, -0.2) is 112 Å².